The molecule has 2 aromatic carbocycles. The molecular weight excluding hydrogens is 354 g/mol. The van der Waals surface area contributed by atoms with Crippen molar-refractivity contribution in [2.45, 2.75) is 26.1 Å². The average Bonchev–Trinajstić information content (AvgIpc) is 2.71. The van der Waals surface area contributed by atoms with Crippen LogP contribution in [0.25, 0.3) is 22.3 Å². The Labute approximate surface area is 165 Å². The zero-order valence-electron chi connectivity index (χ0n) is 16.7. The minimum absolute atomic E-state index is 0.133. The number of methoxy groups -OCH3 is 2. The second kappa shape index (κ2) is 7.64. The van der Waals surface area contributed by atoms with Crippen molar-refractivity contribution in [3.8, 4) is 22.9 Å². The summed E-state index contributed by atoms with van der Waals surface area (Å²) in [5.74, 6) is 2.91. The van der Waals surface area contributed by atoms with Crippen molar-refractivity contribution in [3.05, 3.63) is 42.5 Å². The molecule has 6 heteroatoms. The molecule has 0 radical (unpaired) electrons. The van der Waals surface area contributed by atoms with Crippen LogP contribution in [0, 0.1) is 0 Å². The fraction of sp³-hybridized carbons (Fsp3) is 0.364. The molecule has 2 atom stereocenters. The summed E-state index contributed by atoms with van der Waals surface area (Å²) in [7, 11) is 3.27. The van der Waals surface area contributed by atoms with E-state index in [9.17, 15) is 0 Å². The topological polar surface area (TPSA) is 56.7 Å². The van der Waals surface area contributed by atoms with Crippen molar-refractivity contribution in [3.63, 3.8) is 0 Å². The van der Waals surface area contributed by atoms with E-state index >= 15 is 0 Å². The standard InChI is InChI=1S/C22H25N3O3/c1-14-12-25(13-15(2)28-14)22-17-10-19(26-3)20(27-4)11-18(17)23-21(24-22)16-8-6-5-7-9-16/h5-11,14-15H,12-13H2,1-4H3/t14-,15-/m0/s1. The van der Waals surface area contributed by atoms with E-state index in [2.05, 4.69) is 18.7 Å². The summed E-state index contributed by atoms with van der Waals surface area (Å²) < 4.78 is 16.9. The predicted octanol–water partition coefficient (Wildman–Crippen LogP) is 3.93. The number of hydrogen-bond donors (Lipinski definition) is 0. The number of nitrogens with zero attached hydrogens (tertiary/aromatic N) is 3. The van der Waals surface area contributed by atoms with Crippen LogP contribution < -0.4 is 14.4 Å². The third-order valence-electron chi connectivity index (χ3n) is 4.93. The van der Waals surface area contributed by atoms with Crippen LogP contribution >= 0.6 is 0 Å². The first-order valence-corrected chi connectivity index (χ1v) is 9.48. The lowest BCUT2D eigenvalue weighted by Gasteiger charge is -2.36. The smallest absolute Gasteiger partial charge is 0.162 e. The molecule has 0 unspecified atom stereocenters. The molecule has 4 rings (SSSR count). The van der Waals surface area contributed by atoms with Gasteiger partial charge >= 0.3 is 0 Å². The largest absolute Gasteiger partial charge is 0.493 e. The highest BCUT2D eigenvalue weighted by atomic mass is 16.5. The van der Waals surface area contributed by atoms with Gasteiger partial charge in [0.1, 0.15) is 5.82 Å². The van der Waals surface area contributed by atoms with Crippen LogP contribution in [-0.2, 0) is 4.74 Å². The number of anilines is 1. The van der Waals surface area contributed by atoms with Crippen LogP contribution in [0.1, 0.15) is 13.8 Å². The van der Waals surface area contributed by atoms with Crippen LogP contribution in [-0.4, -0.2) is 49.5 Å². The van der Waals surface area contributed by atoms with Crippen LogP contribution in [0.5, 0.6) is 11.5 Å². The Morgan fingerprint density at radius 1 is 0.929 bits per heavy atom. The van der Waals surface area contributed by atoms with Crippen molar-refractivity contribution in [1.82, 2.24) is 9.97 Å². The molecule has 0 spiro atoms. The normalized spacial score (nSPS) is 19.6. The minimum Gasteiger partial charge on any atom is -0.493 e. The molecule has 0 amide bonds. The van der Waals surface area contributed by atoms with Gasteiger partial charge in [-0.2, -0.15) is 0 Å². The quantitative estimate of drug-likeness (QED) is 0.685. The average molecular weight is 379 g/mol. The first-order chi connectivity index (χ1) is 13.6. The Bertz CT molecular complexity index is 968. The molecule has 0 aliphatic carbocycles. The molecule has 1 saturated heterocycles. The second-order valence-electron chi connectivity index (χ2n) is 7.12. The SMILES string of the molecule is COc1cc2nc(-c3ccccc3)nc(N3C[C@H](C)O[C@@H](C)C3)c2cc1OC. The van der Waals surface area contributed by atoms with E-state index in [1.807, 2.05) is 42.5 Å². The maximum atomic E-state index is 5.92. The zero-order valence-corrected chi connectivity index (χ0v) is 16.7. The highest BCUT2D eigenvalue weighted by molar-refractivity contribution is 5.93. The van der Waals surface area contributed by atoms with Gasteiger partial charge in [-0.05, 0) is 19.9 Å². The lowest BCUT2D eigenvalue weighted by molar-refractivity contribution is -0.00536. The summed E-state index contributed by atoms with van der Waals surface area (Å²) in [4.78, 5) is 12.1. The number of morpholine rings is 1. The maximum Gasteiger partial charge on any atom is 0.162 e. The van der Waals surface area contributed by atoms with Gasteiger partial charge < -0.3 is 19.1 Å². The molecule has 0 bridgehead atoms. The van der Waals surface area contributed by atoms with Gasteiger partial charge in [-0.15, -0.1) is 0 Å². The highest BCUT2D eigenvalue weighted by Crippen LogP contribution is 2.37. The minimum atomic E-state index is 0.133. The predicted molar refractivity (Wildman–Crippen MR) is 110 cm³/mol. The summed E-state index contributed by atoms with van der Waals surface area (Å²) >= 11 is 0. The summed E-state index contributed by atoms with van der Waals surface area (Å²) in [6, 6.07) is 13.9. The van der Waals surface area contributed by atoms with E-state index in [0.29, 0.717) is 17.3 Å². The first-order valence-electron chi connectivity index (χ1n) is 9.48. The molecule has 1 fully saturated rings. The van der Waals surface area contributed by atoms with Gasteiger partial charge in [-0.1, -0.05) is 30.3 Å². The molecule has 6 nitrogen and oxygen atoms in total. The lowest BCUT2D eigenvalue weighted by Crippen LogP contribution is -2.46. The van der Waals surface area contributed by atoms with Crippen molar-refractivity contribution in [1.29, 1.82) is 0 Å². The summed E-state index contributed by atoms with van der Waals surface area (Å²) in [5, 5.41) is 0.943. The van der Waals surface area contributed by atoms with Crippen molar-refractivity contribution in [2.75, 3.05) is 32.2 Å². The van der Waals surface area contributed by atoms with E-state index in [1.165, 1.54) is 0 Å². The van der Waals surface area contributed by atoms with Crippen LogP contribution in [0.3, 0.4) is 0 Å². The Hall–Kier alpha value is -2.86. The summed E-state index contributed by atoms with van der Waals surface area (Å²) in [6.07, 6.45) is 0.267. The van der Waals surface area contributed by atoms with Gasteiger partial charge in [0.2, 0.25) is 0 Å². The number of aromatic nitrogens is 2. The van der Waals surface area contributed by atoms with Gasteiger partial charge in [-0.3, -0.25) is 0 Å². The summed E-state index contributed by atoms with van der Waals surface area (Å²) in [5.41, 5.74) is 1.81. The molecular formula is C22H25N3O3. The highest BCUT2D eigenvalue weighted by Gasteiger charge is 2.26. The lowest BCUT2D eigenvalue weighted by atomic mass is 10.1. The van der Waals surface area contributed by atoms with Crippen LogP contribution in [0.15, 0.2) is 42.5 Å². The van der Waals surface area contributed by atoms with Gasteiger partial charge in [0.25, 0.3) is 0 Å². The van der Waals surface area contributed by atoms with Crippen LogP contribution in [0.2, 0.25) is 0 Å². The molecule has 1 aromatic heterocycles. The molecule has 1 aliphatic heterocycles. The number of fused-ring (bicyclic) bond motifs is 1. The van der Waals surface area contributed by atoms with Crippen molar-refractivity contribution >= 4 is 16.7 Å². The second-order valence-corrected chi connectivity index (χ2v) is 7.12. The third kappa shape index (κ3) is 3.47. The first kappa shape index (κ1) is 18.5. The summed E-state index contributed by atoms with van der Waals surface area (Å²) in [6.45, 7) is 5.74. The van der Waals surface area contributed by atoms with Gasteiger partial charge in [0.15, 0.2) is 17.3 Å². The monoisotopic (exact) mass is 379 g/mol. The van der Waals surface area contributed by atoms with E-state index < -0.39 is 0 Å². The fourth-order valence-electron chi connectivity index (χ4n) is 3.75. The van der Waals surface area contributed by atoms with Gasteiger partial charge in [0, 0.05) is 30.1 Å². The molecule has 3 aromatic rings. The molecule has 0 saturated carbocycles. The molecule has 2 heterocycles. The Morgan fingerprint density at radius 2 is 1.57 bits per heavy atom. The Morgan fingerprint density at radius 3 is 2.21 bits per heavy atom. The number of rotatable bonds is 4. The van der Waals surface area contributed by atoms with E-state index in [1.54, 1.807) is 14.2 Å². The van der Waals surface area contributed by atoms with Crippen LogP contribution in [0.4, 0.5) is 5.82 Å². The maximum absolute atomic E-state index is 5.92. The van der Waals surface area contributed by atoms with E-state index in [-0.39, 0.29) is 12.2 Å². The molecule has 0 N–H and O–H groups in total. The third-order valence-corrected chi connectivity index (χ3v) is 4.93. The zero-order chi connectivity index (χ0) is 19.7. The Kier molecular flexibility index (Phi) is 5.05. The number of hydrogen-bond acceptors (Lipinski definition) is 6. The number of ether oxygens (including phenoxy) is 3. The van der Waals surface area contributed by atoms with Crippen molar-refractivity contribution in [2.24, 2.45) is 0 Å². The van der Waals surface area contributed by atoms with E-state index in [4.69, 9.17) is 24.2 Å². The molecule has 28 heavy (non-hydrogen) atoms. The van der Waals surface area contributed by atoms with Crippen molar-refractivity contribution < 1.29 is 14.2 Å². The Balaban J connectivity index is 1.94. The van der Waals surface area contributed by atoms with E-state index in [0.717, 1.165) is 35.4 Å². The van der Waals surface area contributed by atoms with Gasteiger partial charge in [0.05, 0.1) is 31.9 Å². The fourth-order valence-corrected chi connectivity index (χ4v) is 3.75. The molecule has 146 valence electrons. The van der Waals surface area contributed by atoms with Gasteiger partial charge in [-0.25, -0.2) is 9.97 Å². The number of benzene rings is 2. The molecule has 1 aliphatic rings.